The number of ether oxygens (including phenoxy) is 3. The van der Waals surface area contributed by atoms with Crippen LogP contribution < -0.4 is 14.2 Å². The van der Waals surface area contributed by atoms with Crippen LogP contribution in [0.15, 0.2) is 91.0 Å². The van der Waals surface area contributed by atoms with E-state index in [9.17, 15) is 0 Å². The molecule has 0 radical (unpaired) electrons. The highest BCUT2D eigenvalue weighted by Crippen LogP contribution is 2.17. The van der Waals surface area contributed by atoms with Crippen molar-refractivity contribution < 1.29 is 14.2 Å². The molecule has 3 aromatic carbocycles. The number of hydrogen-bond donors (Lipinski definition) is 0. The smallest absolute Gasteiger partial charge is 0.274 e. The summed E-state index contributed by atoms with van der Waals surface area (Å²) in [7, 11) is 0. The number of hydrogen-bond acceptors (Lipinski definition) is 3. The van der Waals surface area contributed by atoms with Gasteiger partial charge in [-0.3, -0.25) is 0 Å². The van der Waals surface area contributed by atoms with Crippen molar-refractivity contribution in [2.24, 2.45) is 0 Å². The van der Waals surface area contributed by atoms with Gasteiger partial charge in [0.25, 0.3) is 6.29 Å². The van der Waals surface area contributed by atoms with E-state index in [1.807, 2.05) is 91.0 Å². The second-order valence-electron chi connectivity index (χ2n) is 4.92. The van der Waals surface area contributed by atoms with E-state index in [4.69, 9.17) is 14.2 Å². The van der Waals surface area contributed by atoms with Gasteiger partial charge in [0.2, 0.25) is 0 Å². The Kier molecular flexibility index (Phi) is 5.14. The van der Waals surface area contributed by atoms with E-state index >= 15 is 0 Å². The summed E-state index contributed by atoms with van der Waals surface area (Å²) >= 11 is 0. The molecule has 3 heteroatoms. The third-order valence-electron chi connectivity index (χ3n) is 3.15. The first-order valence-electron chi connectivity index (χ1n) is 7.51. The maximum Gasteiger partial charge on any atom is 0.274 e. The van der Waals surface area contributed by atoms with E-state index < -0.39 is 6.29 Å². The fourth-order valence-corrected chi connectivity index (χ4v) is 2.07. The van der Waals surface area contributed by atoms with E-state index in [1.54, 1.807) is 0 Å². The molecule has 3 rings (SSSR count). The van der Waals surface area contributed by atoms with E-state index in [0.717, 1.165) is 17.2 Å². The standard InChI is InChI=1S/C20H18O3/c1-4-10-17(11-5-1)21-16-20(22-18-12-6-2-7-13-18)23-19-14-8-3-9-15-19/h1-15,20H,16H2. The van der Waals surface area contributed by atoms with Crippen molar-refractivity contribution in [3.63, 3.8) is 0 Å². The van der Waals surface area contributed by atoms with Gasteiger partial charge in [-0.2, -0.15) is 0 Å². The SMILES string of the molecule is c1ccc(OCC(Oc2ccccc2)Oc2ccccc2)cc1. The van der Waals surface area contributed by atoms with E-state index in [1.165, 1.54) is 0 Å². The van der Waals surface area contributed by atoms with Gasteiger partial charge in [0, 0.05) is 0 Å². The molecule has 0 unspecified atom stereocenters. The highest BCUT2D eigenvalue weighted by Gasteiger charge is 2.13. The highest BCUT2D eigenvalue weighted by atomic mass is 16.7. The molecule has 116 valence electrons. The van der Waals surface area contributed by atoms with Gasteiger partial charge in [0.15, 0.2) is 6.61 Å². The summed E-state index contributed by atoms with van der Waals surface area (Å²) in [5.74, 6) is 2.26. The zero-order chi connectivity index (χ0) is 15.7. The molecule has 3 nitrogen and oxygen atoms in total. The lowest BCUT2D eigenvalue weighted by atomic mass is 10.3. The van der Waals surface area contributed by atoms with Gasteiger partial charge >= 0.3 is 0 Å². The van der Waals surface area contributed by atoms with Gasteiger partial charge < -0.3 is 14.2 Å². The van der Waals surface area contributed by atoms with Crippen LogP contribution >= 0.6 is 0 Å². The minimum Gasteiger partial charge on any atom is -0.486 e. The molecule has 0 N–H and O–H groups in total. The summed E-state index contributed by atoms with van der Waals surface area (Å²) in [6.07, 6.45) is -0.542. The predicted molar refractivity (Wildman–Crippen MR) is 89.9 cm³/mol. The minimum atomic E-state index is -0.542. The molecule has 0 heterocycles. The summed E-state index contributed by atoms with van der Waals surface area (Å²) in [6, 6.07) is 28.8. The van der Waals surface area contributed by atoms with E-state index in [2.05, 4.69) is 0 Å². The van der Waals surface area contributed by atoms with Crippen molar-refractivity contribution in [1.29, 1.82) is 0 Å². The molecule has 0 bridgehead atoms. The zero-order valence-corrected chi connectivity index (χ0v) is 12.7. The van der Waals surface area contributed by atoms with Crippen molar-refractivity contribution in [2.75, 3.05) is 6.61 Å². The van der Waals surface area contributed by atoms with Gasteiger partial charge in [-0.1, -0.05) is 54.6 Å². The second-order valence-corrected chi connectivity index (χ2v) is 4.92. The van der Waals surface area contributed by atoms with Crippen LogP contribution in [0.25, 0.3) is 0 Å². The molecule has 3 aromatic rings. The van der Waals surface area contributed by atoms with Crippen molar-refractivity contribution in [3.05, 3.63) is 91.0 Å². The van der Waals surface area contributed by atoms with Gasteiger partial charge in [0.1, 0.15) is 17.2 Å². The molecular weight excluding hydrogens is 288 g/mol. The van der Waals surface area contributed by atoms with Crippen LogP contribution in [0.5, 0.6) is 17.2 Å². The summed E-state index contributed by atoms with van der Waals surface area (Å²) < 4.78 is 17.5. The van der Waals surface area contributed by atoms with Gasteiger partial charge in [0.05, 0.1) is 0 Å². The Balaban J connectivity index is 1.67. The molecule has 0 aromatic heterocycles. The second kappa shape index (κ2) is 7.90. The van der Waals surface area contributed by atoms with Crippen molar-refractivity contribution in [1.82, 2.24) is 0 Å². The van der Waals surface area contributed by atoms with Gasteiger partial charge in [-0.05, 0) is 36.4 Å². The first-order valence-corrected chi connectivity index (χ1v) is 7.51. The summed E-state index contributed by atoms with van der Waals surface area (Å²) in [5, 5.41) is 0. The lowest BCUT2D eigenvalue weighted by Gasteiger charge is -2.21. The van der Waals surface area contributed by atoms with E-state index in [0.29, 0.717) is 0 Å². The zero-order valence-electron chi connectivity index (χ0n) is 12.7. The third kappa shape index (κ3) is 4.78. The molecule has 0 amide bonds. The summed E-state index contributed by atoms with van der Waals surface area (Å²) in [5.41, 5.74) is 0. The van der Waals surface area contributed by atoms with Crippen molar-refractivity contribution >= 4 is 0 Å². The normalized spacial score (nSPS) is 10.3. The Morgan fingerprint density at radius 1 is 0.522 bits per heavy atom. The summed E-state index contributed by atoms with van der Waals surface area (Å²) in [6.45, 7) is 0.286. The molecular formula is C20H18O3. The number of benzene rings is 3. The van der Waals surface area contributed by atoms with Crippen LogP contribution in [-0.2, 0) is 0 Å². The third-order valence-corrected chi connectivity index (χ3v) is 3.15. The monoisotopic (exact) mass is 306 g/mol. The molecule has 23 heavy (non-hydrogen) atoms. The van der Waals surface area contributed by atoms with Gasteiger partial charge in [-0.25, -0.2) is 0 Å². The van der Waals surface area contributed by atoms with E-state index in [-0.39, 0.29) is 6.61 Å². The molecule has 0 aliphatic carbocycles. The molecule has 0 fully saturated rings. The quantitative estimate of drug-likeness (QED) is 0.599. The van der Waals surface area contributed by atoms with Crippen LogP contribution in [0.2, 0.25) is 0 Å². The Morgan fingerprint density at radius 3 is 1.35 bits per heavy atom. The average molecular weight is 306 g/mol. The van der Waals surface area contributed by atoms with Crippen molar-refractivity contribution in [3.8, 4) is 17.2 Å². The molecule has 0 aliphatic rings. The number of rotatable bonds is 7. The Hall–Kier alpha value is -2.94. The fraction of sp³-hybridized carbons (Fsp3) is 0.100. The van der Waals surface area contributed by atoms with Crippen LogP contribution in [0, 0.1) is 0 Å². The predicted octanol–water partition coefficient (Wildman–Crippen LogP) is 4.55. The van der Waals surface area contributed by atoms with Crippen LogP contribution in [0.3, 0.4) is 0 Å². The summed E-state index contributed by atoms with van der Waals surface area (Å²) in [4.78, 5) is 0. The van der Waals surface area contributed by atoms with Crippen LogP contribution in [0.4, 0.5) is 0 Å². The molecule has 0 saturated carbocycles. The Bertz CT molecular complexity index is 642. The van der Waals surface area contributed by atoms with Crippen LogP contribution in [0.1, 0.15) is 0 Å². The largest absolute Gasteiger partial charge is 0.486 e. The molecule has 0 spiro atoms. The van der Waals surface area contributed by atoms with Crippen molar-refractivity contribution in [2.45, 2.75) is 6.29 Å². The first-order chi connectivity index (χ1) is 11.4. The number of para-hydroxylation sites is 3. The molecule has 0 atom stereocenters. The topological polar surface area (TPSA) is 27.7 Å². The Labute approximate surface area is 136 Å². The maximum absolute atomic E-state index is 5.89. The lowest BCUT2D eigenvalue weighted by Crippen LogP contribution is -2.31. The minimum absolute atomic E-state index is 0.286. The average Bonchev–Trinajstić information content (AvgIpc) is 2.62. The van der Waals surface area contributed by atoms with Gasteiger partial charge in [-0.15, -0.1) is 0 Å². The molecule has 0 saturated heterocycles. The first kappa shape index (κ1) is 15.0. The fourth-order valence-electron chi connectivity index (χ4n) is 2.07. The van der Waals surface area contributed by atoms with Crippen LogP contribution in [-0.4, -0.2) is 12.9 Å². The Morgan fingerprint density at radius 2 is 0.913 bits per heavy atom. The lowest BCUT2D eigenvalue weighted by molar-refractivity contribution is -0.0276. The highest BCUT2D eigenvalue weighted by molar-refractivity contribution is 5.24. The molecule has 0 aliphatic heterocycles. The maximum atomic E-state index is 5.89.